The lowest BCUT2D eigenvalue weighted by Crippen LogP contribution is -2.46. The number of aliphatic imine (C=N–C) groups is 1. The maximum absolute atomic E-state index is 5.53. The maximum atomic E-state index is 5.53. The zero-order valence-electron chi connectivity index (χ0n) is 16.0. The van der Waals surface area contributed by atoms with Gasteiger partial charge in [-0.1, -0.05) is 6.07 Å². The van der Waals surface area contributed by atoms with Gasteiger partial charge in [0.15, 0.2) is 10.9 Å². The van der Waals surface area contributed by atoms with Gasteiger partial charge >= 0.3 is 0 Å². The molecule has 150 valence electrons. The van der Waals surface area contributed by atoms with Crippen molar-refractivity contribution in [1.29, 1.82) is 0 Å². The van der Waals surface area contributed by atoms with Crippen molar-refractivity contribution in [3.05, 3.63) is 45.9 Å². The first-order valence-electron chi connectivity index (χ1n) is 9.62. The first-order chi connectivity index (χ1) is 13.8. The summed E-state index contributed by atoms with van der Waals surface area (Å²) >= 11 is 3.45. The molecule has 3 aromatic heterocycles. The number of thiophene rings is 1. The molecule has 0 amide bonds. The van der Waals surface area contributed by atoms with Gasteiger partial charge < -0.3 is 15.4 Å². The van der Waals surface area contributed by atoms with E-state index in [0.717, 1.165) is 56.0 Å². The zero-order chi connectivity index (χ0) is 19.2. The molecule has 0 saturated carbocycles. The van der Waals surface area contributed by atoms with Crippen LogP contribution in [-0.2, 0) is 11.3 Å². The number of thiazole rings is 1. The number of nitrogens with zero attached hydrogens (tertiary/aromatic N) is 4. The molecule has 2 N–H and O–H groups in total. The Morgan fingerprint density at radius 2 is 2.18 bits per heavy atom. The van der Waals surface area contributed by atoms with Crippen LogP contribution >= 0.6 is 22.7 Å². The van der Waals surface area contributed by atoms with E-state index in [4.69, 9.17) is 9.73 Å². The molecule has 28 heavy (non-hydrogen) atoms. The highest BCUT2D eigenvalue weighted by molar-refractivity contribution is 7.15. The van der Waals surface area contributed by atoms with E-state index in [1.165, 1.54) is 4.88 Å². The number of imidazole rings is 1. The molecule has 1 unspecified atom stereocenters. The molecule has 0 bridgehead atoms. The van der Waals surface area contributed by atoms with E-state index in [9.17, 15) is 0 Å². The number of ether oxygens (including phenoxy) is 1. The van der Waals surface area contributed by atoms with Crippen LogP contribution in [-0.4, -0.2) is 59.6 Å². The van der Waals surface area contributed by atoms with Gasteiger partial charge in [0.25, 0.3) is 0 Å². The van der Waals surface area contributed by atoms with Crippen molar-refractivity contribution in [3.63, 3.8) is 0 Å². The van der Waals surface area contributed by atoms with E-state index in [1.54, 1.807) is 11.3 Å². The Hall–Kier alpha value is -1.94. The minimum atomic E-state index is 0.325. The third-order valence-electron chi connectivity index (χ3n) is 4.71. The molecule has 0 radical (unpaired) electrons. The number of hydrogen-bond acceptors (Lipinski definition) is 6. The molecule has 4 rings (SSSR count). The average Bonchev–Trinajstić information content (AvgIpc) is 3.45. The van der Waals surface area contributed by atoms with E-state index >= 15 is 0 Å². The van der Waals surface area contributed by atoms with Gasteiger partial charge in [-0.15, -0.1) is 22.7 Å². The van der Waals surface area contributed by atoms with Crippen LogP contribution in [0.1, 0.15) is 23.5 Å². The SMILES string of the molecule is CCNC(=NCc1cn2ccsc2n1)NCC(c1cccs1)N1CCOCC1. The second-order valence-electron chi connectivity index (χ2n) is 6.58. The van der Waals surface area contributed by atoms with Crippen molar-refractivity contribution in [3.8, 4) is 0 Å². The van der Waals surface area contributed by atoms with Crippen LogP contribution in [0, 0.1) is 0 Å². The van der Waals surface area contributed by atoms with Crippen LogP contribution in [0.2, 0.25) is 0 Å². The minimum absolute atomic E-state index is 0.325. The number of aromatic nitrogens is 2. The minimum Gasteiger partial charge on any atom is -0.379 e. The van der Waals surface area contributed by atoms with E-state index in [1.807, 2.05) is 33.5 Å². The second kappa shape index (κ2) is 9.51. The van der Waals surface area contributed by atoms with Crippen molar-refractivity contribution >= 4 is 33.6 Å². The fourth-order valence-electron chi connectivity index (χ4n) is 3.33. The third-order valence-corrected chi connectivity index (χ3v) is 6.45. The number of nitrogens with one attached hydrogen (secondary N) is 2. The fourth-order valence-corrected chi connectivity index (χ4v) is 4.91. The van der Waals surface area contributed by atoms with Crippen molar-refractivity contribution in [2.75, 3.05) is 39.4 Å². The summed E-state index contributed by atoms with van der Waals surface area (Å²) in [7, 11) is 0. The summed E-state index contributed by atoms with van der Waals surface area (Å²) in [4.78, 5) is 14.2. The summed E-state index contributed by atoms with van der Waals surface area (Å²) in [5, 5.41) is 11.1. The highest BCUT2D eigenvalue weighted by Gasteiger charge is 2.23. The first-order valence-corrected chi connectivity index (χ1v) is 11.4. The quantitative estimate of drug-likeness (QED) is 0.456. The molecular weight excluding hydrogens is 392 g/mol. The van der Waals surface area contributed by atoms with E-state index < -0.39 is 0 Å². The van der Waals surface area contributed by atoms with Crippen LogP contribution < -0.4 is 10.6 Å². The topological polar surface area (TPSA) is 66.2 Å². The van der Waals surface area contributed by atoms with Gasteiger partial charge in [-0.3, -0.25) is 9.30 Å². The summed E-state index contributed by atoms with van der Waals surface area (Å²) < 4.78 is 7.58. The predicted molar refractivity (Wildman–Crippen MR) is 115 cm³/mol. The van der Waals surface area contributed by atoms with Gasteiger partial charge in [0, 0.05) is 48.8 Å². The fraction of sp³-hybridized carbons (Fsp3) is 0.474. The van der Waals surface area contributed by atoms with Gasteiger partial charge in [0.2, 0.25) is 0 Å². The Morgan fingerprint density at radius 1 is 1.29 bits per heavy atom. The van der Waals surface area contributed by atoms with Crippen LogP contribution in [0.25, 0.3) is 4.96 Å². The van der Waals surface area contributed by atoms with Crippen molar-refractivity contribution < 1.29 is 4.74 Å². The highest BCUT2D eigenvalue weighted by atomic mass is 32.1. The number of guanidine groups is 1. The maximum Gasteiger partial charge on any atom is 0.193 e. The summed E-state index contributed by atoms with van der Waals surface area (Å²) in [6.45, 7) is 7.80. The Labute approximate surface area is 173 Å². The lowest BCUT2D eigenvalue weighted by atomic mass is 10.2. The van der Waals surface area contributed by atoms with Gasteiger partial charge in [0.05, 0.1) is 31.5 Å². The molecule has 1 saturated heterocycles. The first kappa shape index (κ1) is 19.4. The highest BCUT2D eigenvalue weighted by Crippen LogP contribution is 2.25. The molecule has 1 aliphatic rings. The van der Waals surface area contributed by atoms with Crippen LogP contribution in [0.5, 0.6) is 0 Å². The largest absolute Gasteiger partial charge is 0.379 e. The van der Waals surface area contributed by atoms with Gasteiger partial charge in [-0.05, 0) is 18.4 Å². The van der Waals surface area contributed by atoms with Crippen LogP contribution in [0.3, 0.4) is 0 Å². The molecule has 0 spiro atoms. The second-order valence-corrected chi connectivity index (χ2v) is 8.43. The summed E-state index contributed by atoms with van der Waals surface area (Å²) in [5.41, 5.74) is 0.979. The third kappa shape index (κ3) is 4.72. The molecule has 1 aliphatic heterocycles. The van der Waals surface area contributed by atoms with Gasteiger partial charge in [-0.2, -0.15) is 0 Å². The predicted octanol–water partition coefficient (Wildman–Crippen LogP) is 2.59. The Kier molecular flexibility index (Phi) is 6.58. The van der Waals surface area contributed by atoms with E-state index in [-0.39, 0.29) is 0 Å². The van der Waals surface area contributed by atoms with Crippen molar-refractivity contribution in [1.82, 2.24) is 24.9 Å². The normalized spacial score (nSPS) is 17.1. The molecule has 1 fully saturated rings. The van der Waals surface area contributed by atoms with Crippen molar-refractivity contribution in [2.45, 2.75) is 19.5 Å². The van der Waals surface area contributed by atoms with Gasteiger partial charge in [-0.25, -0.2) is 9.98 Å². The Morgan fingerprint density at radius 3 is 2.93 bits per heavy atom. The average molecular weight is 419 g/mol. The van der Waals surface area contributed by atoms with Crippen LogP contribution in [0.15, 0.2) is 40.3 Å². The lowest BCUT2D eigenvalue weighted by molar-refractivity contribution is 0.0177. The molecule has 9 heteroatoms. The Balaban J connectivity index is 1.42. The molecule has 7 nitrogen and oxygen atoms in total. The van der Waals surface area contributed by atoms with Crippen molar-refractivity contribution in [2.24, 2.45) is 4.99 Å². The smallest absolute Gasteiger partial charge is 0.193 e. The summed E-state index contributed by atoms with van der Waals surface area (Å²) in [6.07, 6.45) is 4.07. The lowest BCUT2D eigenvalue weighted by Gasteiger charge is -2.34. The number of morpholine rings is 1. The standard InChI is InChI=1S/C19H26N6OS2/c1-2-20-18(21-12-15-14-25-7-11-28-19(25)23-15)22-13-16(17-4-3-10-27-17)24-5-8-26-9-6-24/h3-4,7,10-11,14,16H,2,5-6,8-9,12-13H2,1H3,(H2,20,21,22). The molecule has 4 heterocycles. The molecule has 3 aromatic rings. The Bertz CT molecular complexity index is 853. The summed E-state index contributed by atoms with van der Waals surface area (Å²) in [6, 6.07) is 4.66. The number of rotatable bonds is 7. The molecule has 0 aliphatic carbocycles. The summed E-state index contributed by atoms with van der Waals surface area (Å²) in [5.74, 6) is 0.827. The number of hydrogen-bond donors (Lipinski definition) is 2. The van der Waals surface area contributed by atoms with Crippen LogP contribution in [0.4, 0.5) is 0 Å². The van der Waals surface area contributed by atoms with Gasteiger partial charge in [0.1, 0.15) is 0 Å². The molecule has 0 aromatic carbocycles. The van der Waals surface area contributed by atoms with E-state index in [2.05, 4.69) is 45.0 Å². The number of fused-ring (bicyclic) bond motifs is 1. The van der Waals surface area contributed by atoms with E-state index in [0.29, 0.717) is 12.6 Å². The monoisotopic (exact) mass is 418 g/mol. The molecular formula is C19H26N6OS2. The zero-order valence-corrected chi connectivity index (χ0v) is 17.6. The molecule has 1 atom stereocenters.